The molecule has 2 rings (SSSR count). The third-order valence-electron chi connectivity index (χ3n) is 2.83. The Morgan fingerprint density at radius 3 is 2.44 bits per heavy atom. The van der Waals surface area contributed by atoms with Gasteiger partial charge >= 0.3 is 0 Å². The molecule has 2 aromatic rings. The van der Waals surface area contributed by atoms with E-state index in [0.29, 0.717) is 16.9 Å². The summed E-state index contributed by atoms with van der Waals surface area (Å²) in [6.07, 6.45) is 0. The number of carbonyl (C=O) groups is 1. The number of hydrogen-bond acceptors (Lipinski definition) is 3. The molecule has 0 amide bonds. The number of para-hydroxylation sites is 1. The van der Waals surface area contributed by atoms with Gasteiger partial charge in [0.25, 0.3) is 0 Å². The van der Waals surface area contributed by atoms with Crippen molar-refractivity contribution in [3.63, 3.8) is 0 Å². The molecule has 2 aromatic carbocycles. The van der Waals surface area contributed by atoms with Gasteiger partial charge in [-0.25, -0.2) is 0 Å². The van der Waals surface area contributed by atoms with Crippen molar-refractivity contribution in [3.05, 3.63) is 59.2 Å². The van der Waals surface area contributed by atoms with Gasteiger partial charge in [0.2, 0.25) is 0 Å². The zero-order chi connectivity index (χ0) is 13.1. The largest absolute Gasteiger partial charge is 0.507 e. The average molecular weight is 242 g/mol. The molecule has 0 aliphatic heterocycles. The van der Waals surface area contributed by atoms with Gasteiger partial charge in [-0.3, -0.25) is 4.79 Å². The van der Waals surface area contributed by atoms with Gasteiger partial charge in [-0.1, -0.05) is 12.1 Å². The molecule has 1 N–H and O–H groups in total. The van der Waals surface area contributed by atoms with Crippen LogP contribution < -0.4 is 4.74 Å². The van der Waals surface area contributed by atoms with Crippen LogP contribution in [-0.4, -0.2) is 18.0 Å². The van der Waals surface area contributed by atoms with E-state index in [0.717, 1.165) is 5.56 Å². The van der Waals surface area contributed by atoms with Gasteiger partial charge in [0.1, 0.15) is 11.5 Å². The Bertz CT molecular complexity index is 588. The minimum Gasteiger partial charge on any atom is -0.507 e. The van der Waals surface area contributed by atoms with Gasteiger partial charge < -0.3 is 9.84 Å². The molecule has 0 saturated carbocycles. The number of aryl methyl sites for hydroxylation is 1. The third-order valence-corrected chi connectivity index (χ3v) is 2.83. The van der Waals surface area contributed by atoms with E-state index in [1.54, 1.807) is 43.5 Å². The van der Waals surface area contributed by atoms with E-state index >= 15 is 0 Å². The maximum Gasteiger partial charge on any atom is 0.197 e. The number of benzene rings is 2. The number of methoxy groups -OCH3 is 1. The number of carbonyl (C=O) groups excluding carboxylic acids is 1. The fourth-order valence-corrected chi connectivity index (χ4v) is 1.83. The molecule has 0 atom stereocenters. The van der Waals surface area contributed by atoms with E-state index in [4.69, 9.17) is 4.74 Å². The number of phenols is 1. The van der Waals surface area contributed by atoms with Crippen LogP contribution in [0, 0.1) is 6.92 Å². The van der Waals surface area contributed by atoms with Crippen LogP contribution >= 0.6 is 0 Å². The molecule has 0 fully saturated rings. The summed E-state index contributed by atoms with van der Waals surface area (Å²) in [5.74, 6) is 0.521. The average Bonchev–Trinajstić information content (AvgIpc) is 2.38. The molecule has 0 aliphatic carbocycles. The van der Waals surface area contributed by atoms with Crippen LogP contribution in [0.1, 0.15) is 21.5 Å². The lowest BCUT2D eigenvalue weighted by atomic mass is 9.98. The highest BCUT2D eigenvalue weighted by Crippen LogP contribution is 2.23. The molecule has 0 radical (unpaired) electrons. The van der Waals surface area contributed by atoms with E-state index in [9.17, 15) is 9.90 Å². The molecule has 0 heterocycles. The topological polar surface area (TPSA) is 46.5 Å². The van der Waals surface area contributed by atoms with Gasteiger partial charge in [0.15, 0.2) is 5.78 Å². The van der Waals surface area contributed by atoms with Crippen molar-refractivity contribution in [2.24, 2.45) is 0 Å². The molecule has 3 nitrogen and oxygen atoms in total. The summed E-state index contributed by atoms with van der Waals surface area (Å²) in [5.41, 5.74) is 1.70. The Morgan fingerprint density at radius 2 is 1.83 bits per heavy atom. The molecular formula is C15H14O3. The first-order chi connectivity index (χ1) is 8.63. The third kappa shape index (κ3) is 2.20. The predicted molar refractivity (Wildman–Crippen MR) is 69.3 cm³/mol. The fourth-order valence-electron chi connectivity index (χ4n) is 1.83. The van der Waals surface area contributed by atoms with Crippen LogP contribution in [0.25, 0.3) is 0 Å². The van der Waals surface area contributed by atoms with Crippen LogP contribution in [0.3, 0.4) is 0 Å². The standard InChI is InChI=1S/C15H14O3/c1-10-9-11(18-2)7-8-12(10)15(17)13-5-3-4-6-14(13)16/h3-9,16H,1-2H3. The van der Waals surface area contributed by atoms with Crippen molar-refractivity contribution in [1.82, 2.24) is 0 Å². The molecule has 0 aliphatic rings. The maximum atomic E-state index is 12.3. The van der Waals surface area contributed by atoms with Gasteiger partial charge in [-0.05, 0) is 42.8 Å². The summed E-state index contributed by atoms with van der Waals surface area (Å²) >= 11 is 0. The van der Waals surface area contributed by atoms with Crippen LogP contribution in [0.5, 0.6) is 11.5 Å². The molecule has 92 valence electrons. The Labute approximate surface area is 106 Å². The van der Waals surface area contributed by atoms with E-state index in [1.165, 1.54) is 6.07 Å². The second kappa shape index (κ2) is 4.92. The summed E-state index contributed by atoms with van der Waals surface area (Å²) in [5, 5.41) is 9.69. The molecule has 0 aromatic heterocycles. The van der Waals surface area contributed by atoms with Crippen LogP contribution in [-0.2, 0) is 0 Å². The van der Waals surface area contributed by atoms with E-state index in [2.05, 4.69) is 0 Å². The minimum absolute atomic E-state index is 0.00211. The quantitative estimate of drug-likeness (QED) is 0.842. The van der Waals surface area contributed by atoms with Crippen molar-refractivity contribution in [2.75, 3.05) is 7.11 Å². The van der Waals surface area contributed by atoms with E-state index in [1.807, 2.05) is 6.92 Å². The normalized spacial score (nSPS) is 10.1. The van der Waals surface area contributed by atoms with E-state index < -0.39 is 0 Å². The molecule has 0 bridgehead atoms. The highest BCUT2D eigenvalue weighted by Gasteiger charge is 2.15. The molecule has 0 saturated heterocycles. The Balaban J connectivity index is 2.44. The summed E-state index contributed by atoms with van der Waals surface area (Å²) in [6.45, 7) is 1.84. The maximum absolute atomic E-state index is 12.3. The number of hydrogen-bond donors (Lipinski definition) is 1. The molecule has 3 heteroatoms. The second-order valence-corrected chi connectivity index (χ2v) is 4.03. The van der Waals surface area contributed by atoms with Crippen molar-refractivity contribution in [1.29, 1.82) is 0 Å². The lowest BCUT2D eigenvalue weighted by Crippen LogP contribution is -2.04. The number of ether oxygens (including phenoxy) is 1. The predicted octanol–water partition coefficient (Wildman–Crippen LogP) is 2.94. The summed E-state index contributed by atoms with van der Waals surface area (Å²) in [7, 11) is 1.58. The van der Waals surface area contributed by atoms with Gasteiger partial charge in [-0.15, -0.1) is 0 Å². The highest BCUT2D eigenvalue weighted by molar-refractivity contribution is 6.11. The van der Waals surface area contributed by atoms with Crippen molar-refractivity contribution < 1.29 is 14.6 Å². The number of rotatable bonds is 3. The monoisotopic (exact) mass is 242 g/mol. The van der Waals surface area contributed by atoms with E-state index in [-0.39, 0.29) is 11.5 Å². The highest BCUT2D eigenvalue weighted by atomic mass is 16.5. The van der Waals surface area contributed by atoms with Gasteiger partial charge in [0.05, 0.1) is 12.7 Å². The Kier molecular flexibility index (Phi) is 3.33. The van der Waals surface area contributed by atoms with Gasteiger partial charge in [0, 0.05) is 5.56 Å². The number of phenolic OH excluding ortho intramolecular Hbond substituents is 1. The van der Waals surface area contributed by atoms with Crippen molar-refractivity contribution >= 4 is 5.78 Å². The minimum atomic E-state index is -0.187. The first-order valence-corrected chi connectivity index (χ1v) is 5.61. The molecule has 0 spiro atoms. The van der Waals surface area contributed by atoms with Crippen molar-refractivity contribution in [2.45, 2.75) is 6.92 Å². The molecular weight excluding hydrogens is 228 g/mol. The lowest BCUT2D eigenvalue weighted by Gasteiger charge is -2.08. The Morgan fingerprint density at radius 1 is 1.11 bits per heavy atom. The smallest absolute Gasteiger partial charge is 0.197 e. The summed E-state index contributed by atoms with van der Waals surface area (Å²) in [6, 6.07) is 11.8. The zero-order valence-corrected chi connectivity index (χ0v) is 10.3. The molecule has 0 unspecified atom stereocenters. The molecule has 18 heavy (non-hydrogen) atoms. The summed E-state index contributed by atoms with van der Waals surface area (Å²) < 4.78 is 5.10. The second-order valence-electron chi connectivity index (χ2n) is 4.03. The van der Waals surface area contributed by atoms with Crippen molar-refractivity contribution in [3.8, 4) is 11.5 Å². The number of ketones is 1. The lowest BCUT2D eigenvalue weighted by molar-refractivity contribution is 0.103. The summed E-state index contributed by atoms with van der Waals surface area (Å²) in [4.78, 5) is 12.3. The van der Waals surface area contributed by atoms with Crippen LogP contribution in [0.4, 0.5) is 0 Å². The first kappa shape index (κ1) is 12.2. The van der Waals surface area contributed by atoms with Crippen LogP contribution in [0.15, 0.2) is 42.5 Å². The van der Waals surface area contributed by atoms with Crippen LogP contribution in [0.2, 0.25) is 0 Å². The first-order valence-electron chi connectivity index (χ1n) is 5.61. The SMILES string of the molecule is COc1ccc(C(=O)c2ccccc2O)c(C)c1. The number of aromatic hydroxyl groups is 1. The van der Waals surface area contributed by atoms with Gasteiger partial charge in [-0.2, -0.15) is 0 Å². The Hall–Kier alpha value is -2.29. The zero-order valence-electron chi connectivity index (χ0n) is 10.3. The fraction of sp³-hybridized carbons (Fsp3) is 0.133.